The van der Waals surface area contributed by atoms with Gasteiger partial charge in [0.15, 0.2) is 0 Å². The molecule has 2 unspecified atom stereocenters. The normalized spacial score (nSPS) is 23.0. The lowest BCUT2D eigenvalue weighted by molar-refractivity contribution is -0.126. The van der Waals surface area contributed by atoms with Gasteiger partial charge >= 0.3 is 0 Å². The average molecular weight is 308 g/mol. The number of hydrogen-bond acceptors (Lipinski definition) is 2. The minimum atomic E-state index is 0.204. The van der Waals surface area contributed by atoms with Crippen molar-refractivity contribution in [1.82, 2.24) is 4.90 Å². The third-order valence-corrected chi connectivity index (χ3v) is 4.86. The number of halogens is 1. The molecule has 1 saturated carbocycles. The van der Waals surface area contributed by atoms with Gasteiger partial charge in [0.05, 0.1) is 0 Å². The quantitative estimate of drug-likeness (QED) is 0.803. The molecule has 2 atom stereocenters. The zero-order valence-electron chi connectivity index (χ0n) is 13.3. The van der Waals surface area contributed by atoms with E-state index >= 15 is 0 Å². The van der Waals surface area contributed by atoms with Crippen LogP contribution in [-0.2, 0) is 11.3 Å². The predicted octanol–water partition coefficient (Wildman–Crippen LogP) is 4.41. The standard InChI is InChI=1S/C18H26ClNO/c1-13(2)15-7-8-18(21)16(10-15)12-20(3)11-14-5-4-6-17(19)9-14/h4-6,9,13,15-16H,7-8,10-12H2,1-3H3. The van der Waals surface area contributed by atoms with Crippen LogP contribution in [0.5, 0.6) is 0 Å². The maximum absolute atomic E-state index is 12.2. The van der Waals surface area contributed by atoms with E-state index in [2.05, 4.69) is 31.9 Å². The first-order valence-electron chi connectivity index (χ1n) is 7.91. The molecule has 0 N–H and O–H groups in total. The third-order valence-electron chi connectivity index (χ3n) is 4.62. The summed E-state index contributed by atoms with van der Waals surface area (Å²) in [5.74, 6) is 2.03. The van der Waals surface area contributed by atoms with Gasteiger partial charge in [-0.25, -0.2) is 0 Å². The van der Waals surface area contributed by atoms with Crippen molar-refractivity contribution in [2.24, 2.45) is 17.8 Å². The number of carbonyl (C=O) groups excluding carboxylic acids is 1. The first kappa shape index (κ1) is 16.5. The molecule has 0 radical (unpaired) electrons. The first-order chi connectivity index (χ1) is 9.95. The summed E-state index contributed by atoms with van der Waals surface area (Å²) in [5, 5.41) is 0.773. The van der Waals surface area contributed by atoms with Gasteiger partial charge in [0, 0.05) is 30.5 Å². The van der Waals surface area contributed by atoms with Crippen LogP contribution in [0.1, 0.15) is 38.7 Å². The first-order valence-corrected chi connectivity index (χ1v) is 8.29. The van der Waals surface area contributed by atoms with Gasteiger partial charge in [-0.05, 0) is 49.4 Å². The van der Waals surface area contributed by atoms with Crippen molar-refractivity contribution in [3.05, 3.63) is 34.9 Å². The molecule has 2 rings (SSSR count). The molecular formula is C18H26ClNO. The second-order valence-electron chi connectivity index (χ2n) is 6.77. The average Bonchev–Trinajstić information content (AvgIpc) is 2.41. The molecule has 0 spiro atoms. The van der Waals surface area contributed by atoms with Crippen molar-refractivity contribution in [3.63, 3.8) is 0 Å². The van der Waals surface area contributed by atoms with E-state index in [9.17, 15) is 4.79 Å². The highest BCUT2D eigenvalue weighted by Crippen LogP contribution is 2.32. The molecule has 0 aromatic heterocycles. The van der Waals surface area contributed by atoms with Crippen molar-refractivity contribution in [1.29, 1.82) is 0 Å². The van der Waals surface area contributed by atoms with Gasteiger partial charge in [-0.2, -0.15) is 0 Å². The number of hydrogen-bond donors (Lipinski definition) is 0. The topological polar surface area (TPSA) is 20.3 Å². The smallest absolute Gasteiger partial charge is 0.137 e. The van der Waals surface area contributed by atoms with Crippen LogP contribution in [0.4, 0.5) is 0 Å². The monoisotopic (exact) mass is 307 g/mol. The van der Waals surface area contributed by atoms with Crippen molar-refractivity contribution in [2.45, 2.75) is 39.7 Å². The zero-order chi connectivity index (χ0) is 15.4. The van der Waals surface area contributed by atoms with E-state index < -0.39 is 0 Å². The lowest BCUT2D eigenvalue weighted by atomic mass is 9.75. The van der Waals surface area contributed by atoms with Gasteiger partial charge in [-0.3, -0.25) is 4.79 Å². The molecule has 2 nitrogen and oxygen atoms in total. The maximum atomic E-state index is 12.2. The largest absolute Gasteiger partial charge is 0.301 e. The molecule has 116 valence electrons. The molecule has 0 aliphatic heterocycles. The Kier molecular flexibility index (Phi) is 5.83. The van der Waals surface area contributed by atoms with Crippen molar-refractivity contribution >= 4 is 17.4 Å². The van der Waals surface area contributed by atoms with Crippen molar-refractivity contribution in [3.8, 4) is 0 Å². The van der Waals surface area contributed by atoms with E-state index in [4.69, 9.17) is 11.6 Å². The zero-order valence-corrected chi connectivity index (χ0v) is 14.1. The Hall–Kier alpha value is -0.860. The molecule has 1 fully saturated rings. The Morgan fingerprint density at radius 1 is 1.38 bits per heavy atom. The van der Waals surface area contributed by atoms with E-state index in [1.165, 1.54) is 5.56 Å². The Bertz CT molecular complexity index is 486. The lowest BCUT2D eigenvalue weighted by Gasteiger charge is -2.33. The molecule has 0 heterocycles. The second kappa shape index (κ2) is 7.42. The number of benzene rings is 1. The SMILES string of the molecule is CC(C)C1CCC(=O)C(CN(C)Cc2cccc(Cl)c2)C1. The number of carbonyl (C=O) groups is 1. The summed E-state index contributed by atoms with van der Waals surface area (Å²) in [4.78, 5) is 14.4. The predicted molar refractivity (Wildman–Crippen MR) is 88.5 cm³/mol. The van der Waals surface area contributed by atoms with Crippen LogP contribution in [0, 0.1) is 17.8 Å². The molecule has 0 amide bonds. The van der Waals surface area contributed by atoms with Gasteiger partial charge in [0.2, 0.25) is 0 Å². The highest BCUT2D eigenvalue weighted by atomic mass is 35.5. The van der Waals surface area contributed by atoms with Crippen LogP contribution in [-0.4, -0.2) is 24.3 Å². The molecule has 0 bridgehead atoms. The summed E-state index contributed by atoms with van der Waals surface area (Å²) < 4.78 is 0. The Labute approximate surface area is 133 Å². The van der Waals surface area contributed by atoms with E-state index in [0.29, 0.717) is 17.6 Å². The van der Waals surface area contributed by atoms with E-state index in [1.54, 1.807) is 0 Å². The number of nitrogens with zero attached hydrogens (tertiary/aromatic N) is 1. The van der Waals surface area contributed by atoms with Gasteiger partial charge in [0.25, 0.3) is 0 Å². The molecule has 21 heavy (non-hydrogen) atoms. The van der Waals surface area contributed by atoms with E-state index in [-0.39, 0.29) is 5.92 Å². The minimum Gasteiger partial charge on any atom is -0.301 e. The Morgan fingerprint density at radius 3 is 2.81 bits per heavy atom. The van der Waals surface area contributed by atoms with Crippen LogP contribution in [0.2, 0.25) is 5.02 Å². The molecule has 1 aromatic carbocycles. The van der Waals surface area contributed by atoms with E-state index in [1.807, 2.05) is 18.2 Å². The van der Waals surface area contributed by atoms with E-state index in [0.717, 1.165) is 37.4 Å². The summed E-state index contributed by atoms with van der Waals surface area (Å²) in [6.07, 6.45) is 2.89. The van der Waals surface area contributed by atoms with Crippen LogP contribution in [0.15, 0.2) is 24.3 Å². The molecule has 1 aliphatic carbocycles. The number of Topliss-reactive ketones (excluding diaryl/α,β-unsaturated/α-hetero) is 1. The minimum absolute atomic E-state index is 0.204. The summed E-state index contributed by atoms with van der Waals surface area (Å²) in [6.45, 7) is 6.24. The fourth-order valence-corrected chi connectivity index (χ4v) is 3.53. The fraction of sp³-hybridized carbons (Fsp3) is 0.611. The van der Waals surface area contributed by atoms with Crippen LogP contribution in [0.25, 0.3) is 0 Å². The van der Waals surface area contributed by atoms with Gasteiger partial charge < -0.3 is 4.90 Å². The lowest BCUT2D eigenvalue weighted by Crippen LogP contribution is -2.35. The summed E-state index contributed by atoms with van der Waals surface area (Å²) >= 11 is 6.02. The highest BCUT2D eigenvalue weighted by Gasteiger charge is 2.30. The van der Waals surface area contributed by atoms with Gasteiger partial charge in [-0.15, -0.1) is 0 Å². The number of ketones is 1. The summed E-state index contributed by atoms with van der Waals surface area (Å²) in [5.41, 5.74) is 1.20. The molecule has 1 aliphatic rings. The van der Waals surface area contributed by atoms with Crippen LogP contribution >= 0.6 is 11.6 Å². The summed E-state index contributed by atoms with van der Waals surface area (Å²) in [6, 6.07) is 7.95. The number of rotatable bonds is 5. The maximum Gasteiger partial charge on any atom is 0.137 e. The Balaban J connectivity index is 1.91. The fourth-order valence-electron chi connectivity index (χ4n) is 3.32. The molecule has 3 heteroatoms. The Morgan fingerprint density at radius 2 is 2.14 bits per heavy atom. The van der Waals surface area contributed by atoms with Crippen molar-refractivity contribution < 1.29 is 4.79 Å². The highest BCUT2D eigenvalue weighted by molar-refractivity contribution is 6.30. The second-order valence-corrected chi connectivity index (χ2v) is 7.20. The summed E-state index contributed by atoms with van der Waals surface area (Å²) in [7, 11) is 2.09. The third kappa shape index (κ3) is 4.82. The van der Waals surface area contributed by atoms with Gasteiger partial charge in [-0.1, -0.05) is 37.6 Å². The molecule has 0 saturated heterocycles. The van der Waals surface area contributed by atoms with Crippen LogP contribution < -0.4 is 0 Å². The van der Waals surface area contributed by atoms with Crippen molar-refractivity contribution in [2.75, 3.05) is 13.6 Å². The molecular weight excluding hydrogens is 282 g/mol. The van der Waals surface area contributed by atoms with Gasteiger partial charge in [0.1, 0.15) is 5.78 Å². The van der Waals surface area contributed by atoms with Crippen LogP contribution in [0.3, 0.4) is 0 Å². The molecule has 1 aromatic rings.